The van der Waals surface area contributed by atoms with Crippen molar-refractivity contribution in [2.75, 3.05) is 6.54 Å². The summed E-state index contributed by atoms with van der Waals surface area (Å²) in [6.07, 6.45) is 6.10. The van der Waals surface area contributed by atoms with Crippen molar-refractivity contribution in [1.82, 2.24) is 30.2 Å². The molecular weight excluding hydrogens is 796 g/mol. The molecule has 0 radical (unpaired) electrons. The van der Waals surface area contributed by atoms with Crippen LogP contribution in [-0.2, 0) is 29.1 Å². The number of rotatable bonds is 7. The molecule has 2 aliphatic heterocycles. The quantitative estimate of drug-likeness (QED) is 0.192. The van der Waals surface area contributed by atoms with Crippen LogP contribution in [-0.4, -0.2) is 88.2 Å². The van der Waals surface area contributed by atoms with Gasteiger partial charge in [-0.3, -0.25) is 19.1 Å². The first-order chi connectivity index (χ1) is 28.5. The van der Waals surface area contributed by atoms with E-state index in [0.717, 1.165) is 18.4 Å². The number of hydrogen-bond donors (Lipinski definition) is 3. The Morgan fingerprint density at radius 3 is 2.53 bits per heavy atom. The van der Waals surface area contributed by atoms with Gasteiger partial charge in [0.2, 0.25) is 27.4 Å². The summed E-state index contributed by atoms with van der Waals surface area (Å²) in [5.41, 5.74) is 0.258. The highest BCUT2D eigenvalue weighted by molar-refractivity contribution is 7.91. The van der Waals surface area contributed by atoms with Crippen LogP contribution in [0.2, 0.25) is 0 Å². The average molecular weight is 845 g/mol. The molecule has 3 fully saturated rings. The van der Waals surface area contributed by atoms with Crippen LogP contribution in [0.4, 0.5) is 9.18 Å². The van der Waals surface area contributed by atoms with E-state index in [1.807, 2.05) is 37.3 Å². The zero-order chi connectivity index (χ0) is 42.6. The van der Waals surface area contributed by atoms with Gasteiger partial charge >= 0.3 is 6.09 Å². The zero-order valence-electron chi connectivity index (χ0n) is 34.0. The Morgan fingerprint density at radius 1 is 1.03 bits per heavy atom. The molecule has 17 heteroatoms. The maximum Gasteiger partial charge on any atom is 0.408 e. The molecule has 2 saturated carbocycles. The summed E-state index contributed by atoms with van der Waals surface area (Å²) in [7, 11) is -3.94. The molecule has 2 aliphatic carbocycles. The predicted molar refractivity (Wildman–Crippen MR) is 218 cm³/mol. The van der Waals surface area contributed by atoms with Gasteiger partial charge in [0.1, 0.15) is 46.2 Å². The molecule has 318 valence electrons. The second-order valence-electron chi connectivity index (χ2n) is 17.3. The second kappa shape index (κ2) is 15.8. The number of ether oxygens (including phenoxy) is 2. The van der Waals surface area contributed by atoms with E-state index in [1.54, 1.807) is 32.9 Å². The van der Waals surface area contributed by atoms with E-state index < -0.39 is 80.2 Å². The number of amides is 4. The number of carbonyl (C=O) groups excluding carboxylic acids is 4. The number of halogens is 1. The number of alkyl carbamates (subject to hydrolysis) is 1. The van der Waals surface area contributed by atoms with Gasteiger partial charge in [-0.05, 0) is 103 Å². The highest BCUT2D eigenvalue weighted by Crippen LogP contribution is 2.46. The largest absolute Gasteiger partial charge is 0.470 e. The SMILES string of the molecule is Cc1ccc2oc3c(O[C@@H]4C[C@H]5C(=O)N[C@]6(C(=O)NS(=O)(=O)C7CC7)C[C@H]6C=CCCCCC[C@H](NC(=O)OC(C)(C)C)C(=O)N5C4)nc(-c4ccc(F)cc4)nc3c2c1. The number of fused-ring (bicyclic) bond motifs is 5. The number of hydrogen-bond acceptors (Lipinski definition) is 11. The molecule has 2 aromatic carbocycles. The minimum Gasteiger partial charge on any atom is -0.470 e. The van der Waals surface area contributed by atoms with Crippen LogP contribution in [0, 0.1) is 18.7 Å². The van der Waals surface area contributed by atoms with Gasteiger partial charge in [0.15, 0.2) is 5.82 Å². The molecule has 0 spiro atoms. The number of sulfonamides is 1. The number of nitrogens with zero attached hydrogens (tertiary/aromatic N) is 3. The van der Waals surface area contributed by atoms with Crippen LogP contribution in [0.3, 0.4) is 0 Å². The van der Waals surface area contributed by atoms with Crippen molar-refractivity contribution in [3.05, 3.63) is 66.0 Å². The molecule has 0 unspecified atom stereocenters. The van der Waals surface area contributed by atoms with E-state index in [9.17, 15) is 32.0 Å². The lowest BCUT2D eigenvalue weighted by molar-refractivity contribution is -0.141. The third-order valence-electron chi connectivity index (χ3n) is 11.4. The molecular formula is C43H49FN6O9S. The molecule has 1 saturated heterocycles. The van der Waals surface area contributed by atoms with Gasteiger partial charge in [-0.15, -0.1) is 0 Å². The summed E-state index contributed by atoms with van der Waals surface area (Å²) in [6, 6.07) is 9.02. The Balaban J connectivity index is 1.15. The van der Waals surface area contributed by atoms with Crippen LogP contribution in [0.1, 0.15) is 84.1 Å². The van der Waals surface area contributed by atoms with Gasteiger partial charge in [0, 0.05) is 23.3 Å². The van der Waals surface area contributed by atoms with Crippen molar-refractivity contribution >= 4 is 55.9 Å². The molecule has 4 amide bonds. The minimum absolute atomic E-state index is 0.0331. The first-order valence-corrected chi connectivity index (χ1v) is 22.0. The molecule has 4 heterocycles. The number of allylic oxidation sites excluding steroid dienone is 1. The van der Waals surface area contributed by atoms with E-state index in [2.05, 4.69) is 15.4 Å². The molecule has 3 N–H and O–H groups in total. The monoisotopic (exact) mass is 844 g/mol. The smallest absolute Gasteiger partial charge is 0.408 e. The Hall–Kier alpha value is -5.58. The van der Waals surface area contributed by atoms with Gasteiger partial charge in [0.25, 0.3) is 11.8 Å². The van der Waals surface area contributed by atoms with Crippen LogP contribution >= 0.6 is 0 Å². The molecule has 4 aliphatic rings. The Morgan fingerprint density at radius 2 is 1.80 bits per heavy atom. The summed E-state index contributed by atoms with van der Waals surface area (Å²) in [5.74, 6) is -2.72. The Kier molecular flexibility index (Phi) is 10.8. The van der Waals surface area contributed by atoms with Crippen molar-refractivity contribution in [3.63, 3.8) is 0 Å². The molecule has 60 heavy (non-hydrogen) atoms. The van der Waals surface area contributed by atoms with E-state index in [0.29, 0.717) is 47.7 Å². The van der Waals surface area contributed by atoms with Crippen molar-refractivity contribution in [1.29, 1.82) is 0 Å². The van der Waals surface area contributed by atoms with Crippen LogP contribution in [0.5, 0.6) is 5.88 Å². The normalized spacial score (nSPS) is 25.1. The van der Waals surface area contributed by atoms with E-state index in [1.165, 1.54) is 17.0 Å². The minimum atomic E-state index is -3.94. The van der Waals surface area contributed by atoms with Gasteiger partial charge in [-0.1, -0.05) is 36.6 Å². The fraction of sp³-hybridized carbons (Fsp3) is 0.488. The van der Waals surface area contributed by atoms with Crippen LogP contribution in [0.25, 0.3) is 33.5 Å². The molecule has 0 bridgehead atoms. The van der Waals surface area contributed by atoms with Gasteiger partial charge in [0.05, 0.1) is 11.8 Å². The first kappa shape index (κ1) is 41.2. The number of carbonyl (C=O) groups is 4. The standard InChI is InChI=1S/C43H49FN6O9S/c1-24-12-19-33-30(20-24)34-35(58-33)38(47-36(46-34)25-13-15-27(44)16-14-25)57-28-21-32-37(51)48-43(40(53)49-60(55,56)29-17-18-29)22-26(43)10-8-6-5-7-9-11-31(39(52)50(32)23-28)45-41(54)59-42(2,3)4/h8,10,12-16,19-20,26,28-29,31-32H,5-7,9,11,17-18,21-23H2,1-4H3,(H,45,54)(H,48,51)(H,49,53)/t26-,28-,31+,32+,43-/m1/s1. The third kappa shape index (κ3) is 8.67. The molecule has 15 nitrogen and oxygen atoms in total. The van der Waals surface area contributed by atoms with Gasteiger partial charge in [-0.2, -0.15) is 4.98 Å². The summed E-state index contributed by atoms with van der Waals surface area (Å²) in [5, 5.41) is 5.64. The number of furan rings is 1. The predicted octanol–water partition coefficient (Wildman–Crippen LogP) is 5.74. The van der Waals surface area contributed by atoms with Crippen LogP contribution < -0.4 is 20.1 Å². The number of aryl methyl sites for hydroxylation is 1. The Labute approximate surface area is 346 Å². The van der Waals surface area contributed by atoms with Crippen molar-refractivity contribution in [3.8, 4) is 17.3 Å². The summed E-state index contributed by atoms with van der Waals surface area (Å²) in [4.78, 5) is 67.1. The van der Waals surface area contributed by atoms with Gasteiger partial charge < -0.3 is 29.4 Å². The maximum atomic E-state index is 14.7. The highest BCUT2D eigenvalue weighted by Gasteiger charge is 2.62. The van der Waals surface area contributed by atoms with Crippen molar-refractivity contribution in [2.45, 2.75) is 120 Å². The Bertz CT molecular complexity index is 2500. The summed E-state index contributed by atoms with van der Waals surface area (Å²) in [6.45, 7) is 6.94. The van der Waals surface area contributed by atoms with Gasteiger partial charge in [-0.25, -0.2) is 22.6 Å². The number of benzene rings is 2. The highest BCUT2D eigenvalue weighted by atomic mass is 32.2. The lowest BCUT2D eigenvalue weighted by Gasteiger charge is -2.30. The van der Waals surface area contributed by atoms with E-state index >= 15 is 0 Å². The molecule has 4 aromatic rings. The zero-order valence-corrected chi connectivity index (χ0v) is 34.8. The number of aromatic nitrogens is 2. The molecule has 2 aromatic heterocycles. The van der Waals surface area contributed by atoms with Crippen molar-refractivity contribution in [2.24, 2.45) is 5.92 Å². The van der Waals surface area contributed by atoms with Crippen molar-refractivity contribution < 1.29 is 45.9 Å². The third-order valence-corrected chi connectivity index (χ3v) is 13.2. The average Bonchev–Trinajstić information content (AvgIpc) is 4.08. The fourth-order valence-corrected chi connectivity index (χ4v) is 9.36. The topological polar surface area (TPSA) is 199 Å². The van der Waals surface area contributed by atoms with E-state index in [-0.39, 0.29) is 43.1 Å². The van der Waals surface area contributed by atoms with Crippen LogP contribution in [0.15, 0.2) is 59.0 Å². The number of nitrogens with one attached hydrogen (secondary N) is 3. The molecule has 8 rings (SSSR count). The lowest BCUT2D eigenvalue weighted by Crippen LogP contribution is -2.58. The fourth-order valence-electron chi connectivity index (χ4n) is 8.00. The van der Waals surface area contributed by atoms with E-state index in [4.69, 9.17) is 23.9 Å². The molecule has 5 atom stereocenters. The first-order valence-electron chi connectivity index (χ1n) is 20.5. The maximum absolute atomic E-state index is 14.7. The lowest BCUT2D eigenvalue weighted by atomic mass is 10.0. The summed E-state index contributed by atoms with van der Waals surface area (Å²) >= 11 is 0. The second-order valence-corrected chi connectivity index (χ2v) is 19.3. The summed E-state index contributed by atoms with van der Waals surface area (Å²) < 4.78 is 60.4.